The summed E-state index contributed by atoms with van der Waals surface area (Å²) in [4.78, 5) is 17.1. The van der Waals surface area contributed by atoms with Crippen LogP contribution in [-0.4, -0.2) is 55.6 Å². The molecule has 160 valence electrons. The highest BCUT2D eigenvalue weighted by atomic mass is 16.5. The van der Waals surface area contributed by atoms with Gasteiger partial charge >= 0.3 is 0 Å². The molecule has 0 N–H and O–H groups in total. The fourth-order valence-electron chi connectivity index (χ4n) is 3.72. The molecule has 0 unspecified atom stereocenters. The quantitative estimate of drug-likeness (QED) is 0.646. The fourth-order valence-corrected chi connectivity index (χ4v) is 3.72. The Morgan fingerprint density at radius 3 is 2.67 bits per heavy atom. The second-order valence-corrected chi connectivity index (χ2v) is 7.56. The van der Waals surface area contributed by atoms with Gasteiger partial charge in [-0.05, 0) is 55.2 Å². The van der Waals surface area contributed by atoms with Gasteiger partial charge in [0.05, 0.1) is 13.7 Å². The van der Waals surface area contributed by atoms with E-state index in [0.29, 0.717) is 18.1 Å². The molecule has 0 aromatic heterocycles. The Balaban J connectivity index is 1.58. The van der Waals surface area contributed by atoms with Crippen molar-refractivity contribution in [1.29, 1.82) is 0 Å². The van der Waals surface area contributed by atoms with Crippen LogP contribution in [-0.2, 0) is 11.3 Å². The summed E-state index contributed by atoms with van der Waals surface area (Å²) in [5.41, 5.74) is 3.61. The Morgan fingerprint density at radius 2 is 1.90 bits per heavy atom. The molecule has 1 heterocycles. The Morgan fingerprint density at radius 1 is 1.07 bits per heavy atom. The summed E-state index contributed by atoms with van der Waals surface area (Å²) in [6, 6.07) is 14.2. The van der Waals surface area contributed by atoms with Gasteiger partial charge in [0.2, 0.25) is 5.91 Å². The number of aryl methyl sites for hydroxylation is 1. The van der Waals surface area contributed by atoms with Crippen LogP contribution in [0.2, 0.25) is 0 Å². The lowest BCUT2D eigenvalue weighted by Gasteiger charge is -2.22. The standard InChI is InChI=1S/C25H32N2O3/c1-4-30-24-18-21(10-12-23(24)29-3)11-13-25(28)27-15-7-14-26(16-17-27)19-22-9-6-5-8-20(22)2/h5-6,8-13,18H,4,7,14-17,19H2,1-3H3/b13-11+. The molecule has 0 bridgehead atoms. The van der Waals surface area contributed by atoms with Crippen molar-refractivity contribution >= 4 is 12.0 Å². The first-order valence-electron chi connectivity index (χ1n) is 10.7. The molecule has 0 aliphatic carbocycles. The van der Waals surface area contributed by atoms with Crippen LogP contribution in [0.4, 0.5) is 0 Å². The number of hydrogen-bond donors (Lipinski definition) is 0. The minimum atomic E-state index is 0.0570. The summed E-state index contributed by atoms with van der Waals surface area (Å²) in [6.45, 7) is 9.05. The van der Waals surface area contributed by atoms with Crippen molar-refractivity contribution in [2.24, 2.45) is 0 Å². The Bertz CT molecular complexity index is 878. The molecule has 30 heavy (non-hydrogen) atoms. The average Bonchev–Trinajstić information content (AvgIpc) is 3.00. The molecule has 1 aliphatic rings. The number of amides is 1. The maximum absolute atomic E-state index is 12.7. The number of benzene rings is 2. The van der Waals surface area contributed by atoms with Crippen LogP contribution in [0.15, 0.2) is 48.5 Å². The second-order valence-electron chi connectivity index (χ2n) is 7.56. The van der Waals surface area contributed by atoms with Crippen molar-refractivity contribution in [2.75, 3.05) is 39.9 Å². The van der Waals surface area contributed by atoms with E-state index in [9.17, 15) is 4.79 Å². The van der Waals surface area contributed by atoms with E-state index in [1.54, 1.807) is 13.2 Å². The van der Waals surface area contributed by atoms with Gasteiger partial charge in [-0.3, -0.25) is 9.69 Å². The van der Waals surface area contributed by atoms with E-state index in [1.807, 2.05) is 36.1 Å². The Labute approximate surface area is 179 Å². The molecule has 0 saturated carbocycles. The van der Waals surface area contributed by atoms with Crippen LogP contribution in [0.1, 0.15) is 30.0 Å². The number of carbonyl (C=O) groups excluding carboxylic acids is 1. The summed E-state index contributed by atoms with van der Waals surface area (Å²) in [5.74, 6) is 1.44. The second kappa shape index (κ2) is 10.8. The smallest absolute Gasteiger partial charge is 0.246 e. The van der Waals surface area contributed by atoms with Crippen LogP contribution in [0.3, 0.4) is 0 Å². The number of nitrogens with zero attached hydrogens (tertiary/aromatic N) is 2. The molecule has 1 saturated heterocycles. The van der Waals surface area contributed by atoms with Gasteiger partial charge < -0.3 is 14.4 Å². The predicted molar refractivity (Wildman–Crippen MR) is 121 cm³/mol. The molecule has 2 aromatic rings. The van der Waals surface area contributed by atoms with Gasteiger partial charge in [0.25, 0.3) is 0 Å². The number of ether oxygens (including phenoxy) is 2. The average molecular weight is 409 g/mol. The van der Waals surface area contributed by atoms with Gasteiger partial charge in [0, 0.05) is 38.8 Å². The van der Waals surface area contributed by atoms with Gasteiger partial charge in [-0.25, -0.2) is 0 Å². The topological polar surface area (TPSA) is 42.0 Å². The maximum atomic E-state index is 12.7. The van der Waals surface area contributed by atoms with E-state index in [1.165, 1.54) is 11.1 Å². The van der Waals surface area contributed by atoms with E-state index in [4.69, 9.17) is 9.47 Å². The van der Waals surface area contributed by atoms with Gasteiger partial charge in [0.1, 0.15) is 0 Å². The molecule has 0 radical (unpaired) electrons. The molecule has 0 spiro atoms. The lowest BCUT2D eigenvalue weighted by molar-refractivity contribution is -0.125. The third-order valence-electron chi connectivity index (χ3n) is 5.46. The predicted octanol–water partition coefficient (Wildman–Crippen LogP) is 4.15. The lowest BCUT2D eigenvalue weighted by Crippen LogP contribution is -2.34. The largest absolute Gasteiger partial charge is 0.493 e. The summed E-state index contributed by atoms with van der Waals surface area (Å²) in [7, 11) is 1.62. The third kappa shape index (κ3) is 5.86. The van der Waals surface area contributed by atoms with Gasteiger partial charge in [-0.2, -0.15) is 0 Å². The maximum Gasteiger partial charge on any atom is 0.246 e. The molecule has 1 amide bonds. The minimum Gasteiger partial charge on any atom is -0.493 e. The lowest BCUT2D eigenvalue weighted by atomic mass is 10.1. The third-order valence-corrected chi connectivity index (χ3v) is 5.46. The van der Waals surface area contributed by atoms with E-state index >= 15 is 0 Å². The van der Waals surface area contributed by atoms with E-state index < -0.39 is 0 Å². The van der Waals surface area contributed by atoms with Gasteiger partial charge in [-0.1, -0.05) is 30.3 Å². The Hall–Kier alpha value is -2.79. The van der Waals surface area contributed by atoms with Crippen LogP contribution in [0.5, 0.6) is 11.5 Å². The van der Waals surface area contributed by atoms with Crippen LogP contribution < -0.4 is 9.47 Å². The monoisotopic (exact) mass is 408 g/mol. The van der Waals surface area contributed by atoms with Gasteiger partial charge in [-0.15, -0.1) is 0 Å². The van der Waals surface area contributed by atoms with E-state index in [0.717, 1.165) is 44.7 Å². The normalized spacial score (nSPS) is 15.2. The van der Waals surface area contributed by atoms with Crippen LogP contribution in [0, 0.1) is 6.92 Å². The summed E-state index contributed by atoms with van der Waals surface area (Å²) in [6.07, 6.45) is 4.50. The first-order chi connectivity index (χ1) is 14.6. The molecule has 3 rings (SSSR count). The summed E-state index contributed by atoms with van der Waals surface area (Å²) in [5, 5.41) is 0. The molecule has 1 fully saturated rings. The SMILES string of the molecule is CCOc1cc(/C=C/C(=O)N2CCCN(Cc3ccccc3C)CC2)ccc1OC. The van der Waals surface area contributed by atoms with Crippen LogP contribution in [0.25, 0.3) is 6.08 Å². The first kappa shape index (κ1) is 21.9. The van der Waals surface area contributed by atoms with Gasteiger partial charge in [0.15, 0.2) is 11.5 Å². The highest BCUT2D eigenvalue weighted by Gasteiger charge is 2.18. The summed E-state index contributed by atoms with van der Waals surface area (Å²) < 4.78 is 10.9. The summed E-state index contributed by atoms with van der Waals surface area (Å²) >= 11 is 0. The van der Waals surface area contributed by atoms with Crippen molar-refractivity contribution in [1.82, 2.24) is 9.80 Å². The highest BCUT2D eigenvalue weighted by Crippen LogP contribution is 2.28. The number of rotatable bonds is 7. The van der Waals surface area contributed by atoms with E-state index in [-0.39, 0.29) is 5.91 Å². The molecule has 2 aromatic carbocycles. The first-order valence-corrected chi connectivity index (χ1v) is 10.7. The van der Waals surface area contributed by atoms with Crippen molar-refractivity contribution in [2.45, 2.75) is 26.8 Å². The molecule has 1 aliphatic heterocycles. The van der Waals surface area contributed by atoms with Crippen molar-refractivity contribution < 1.29 is 14.3 Å². The van der Waals surface area contributed by atoms with Crippen LogP contribution >= 0.6 is 0 Å². The van der Waals surface area contributed by atoms with Crippen molar-refractivity contribution in [3.63, 3.8) is 0 Å². The molecular formula is C25H32N2O3. The highest BCUT2D eigenvalue weighted by molar-refractivity contribution is 5.91. The molecule has 0 atom stereocenters. The zero-order chi connectivity index (χ0) is 21.3. The van der Waals surface area contributed by atoms with E-state index in [2.05, 4.69) is 36.1 Å². The Kier molecular flexibility index (Phi) is 7.91. The zero-order valence-corrected chi connectivity index (χ0v) is 18.3. The number of hydrogen-bond acceptors (Lipinski definition) is 4. The zero-order valence-electron chi connectivity index (χ0n) is 18.3. The van der Waals surface area contributed by atoms with Crippen molar-refractivity contribution in [3.8, 4) is 11.5 Å². The molecular weight excluding hydrogens is 376 g/mol. The van der Waals surface area contributed by atoms with Crippen molar-refractivity contribution in [3.05, 3.63) is 65.2 Å². The minimum absolute atomic E-state index is 0.0570. The number of methoxy groups -OCH3 is 1. The fraction of sp³-hybridized carbons (Fsp3) is 0.400. The molecule has 5 heteroatoms. The molecule has 5 nitrogen and oxygen atoms in total. The number of carbonyl (C=O) groups is 1.